The SMILES string of the molecule is CCCN[C@@H]1CCC2N=C(N)SC2C1.Cl.Cl.O. The van der Waals surface area contributed by atoms with Crippen LogP contribution in [0.25, 0.3) is 0 Å². The molecule has 0 aromatic heterocycles. The Morgan fingerprint density at radius 2 is 2.12 bits per heavy atom. The monoisotopic (exact) mass is 303 g/mol. The number of hydrogen-bond donors (Lipinski definition) is 2. The zero-order valence-corrected chi connectivity index (χ0v) is 12.5. The van der Waals surface area contributed by atoms with E-state index in [0.717, 1.165) is 11.7 Å². The highest BCUT2D eigenvalue weighted by Gasteiger charge is 2.34. The summed E-state index contributed by atoms with van der Waals surface area (Å²) in [6.07, 6.45) is 4.92. The average Bonchev–Trinajstić information content (AvgIpc) is 2.54. The van der Waals surface area contributed by atoms with Crippen molar-refractivity contribution in [2.45, 2.75) is 49.9 Å². The van der Waals surface area contributed by atoms with E-state index in [4.69, 9.17) is 5.73 Å². The Morgan fingerprint density at radius 1 is 1.41 bits per heavy atom. The summed E-state index contributed by atoms with van der Waals surface area (Å²) in [5.41, 5.74) is 5.73. The summed E-state index contributed by atoms with van der Waals surface area (Å²) < 4.78 is 0. The van der Waals surface area contributed by atoms with Crippen LogP contribution in [0, 0.1) is 0 Å². The molecule has 0 radical (unpaired) electrons. The van der Waals surface area contributed by atoms with Gasteiger partial charge in [-0.1, -0.05) is 18.7 Å². The Labute approximate surface area is 120 Å². The highest BCUT2D eigenvalue weighted by atomic mass is 35.5. The molecule has 4 nitrogen and oxygen atoms in total. The van der Waals surface area contributed by atoms with E-state index in [1.165, 1.54) is 25.7 Å². The molecule has 17 heavy (non-hydrogen) atoms. The van der Waals surface area contributed by atoms with Crippen molar-refractivity contribution in [3.8, 4) is 0 Å². The van der Waals surface area contributed by atoms with Gasteiger partial charge in [0.1, 0.15) is 0 Å². The molecule has 1 saturated carbocycles. The number of thioether (sulfide) groups is 1. The first kappa shape index (κ1) is 19.7. The van der Waals surface area contributed by atoms with Gasteiger partial charge in [-0.05, 0) is 32.2 Å². The second-order valence-electron chi connectivity index (χ2n) is 4.16. The molecular weight excluding hydrogens is 281 g/mol. The number of nitrogens with one attached hydrogen (secondary N) is 1. The van der Waals surface area contributed by atoms with Crippen molar-refractivity contribution in [3.63, 3.8) is 0 Å². The first-order chi connectivity index (χ1) is 6.79. The minimum atomic E-state index is 0. The zero-order chi connectivity index (χ0) is 9.97. The van der Waals surface area contributed by atoms with Gasteiger partial charge in [0.2, 0.25) is 0 Å². The van der Waals surface area contributed by atoms with Gasteiger partial charge in [0.25, 0.3) is 0 Å². The van der Waals surface area contributed by atoms with Crippen molar-refractivity contribution in [3.05, 3.63) is 0 Å². The summed E-state index contributed by atoms with van der Waals surface area (Å²) in [5, 5.41) is 5.05. The average molecular weight is 304 g/mol. The molecule has 5 N–H and O–H groups in total. The summed E-state index contributed by atoms with van der Waals surface area (Å²) in [6.45, 7) is 3.35. The molecule has 2 aliphatic rings. The first-order valence-corrected chi connectivity index (χ1v) is 6.41. The van der Waals surface area contributed by atoms with Crippen LogP contribution >= 0.6 is 36.6 Å². The smallest absolute Gasteiger partial charge is 0.154 e. The fourth-order valence-electron chi connectivity index (χ4n) is 2.27. The molecule has 104 valence electrons. The molecule has 1 aliphatic carbocycles. The summed E-state index contributed by atoms with van der Waals surface area (Å²) in [7, 11) is 0. The highest BCUT2D eigenvalue weighted by molar-refractivity contribution is 8.14. The Kier molecular flexibility index (Phi) is 10.7. The number of rotatable bonds is 3. The van der Waals surface area contributed by atoms with E-state index < -0.39 is 0 Å². The number of halogens is 2. The van der Waals surface area contributed by atoms with E-state index in [0.29, 0.717) is 17.3 Å². The number of fused-ring (bicyclic) bond motifs is 1. The van der Waals surface area contributed by atoms with Crippen LogP contribution in [-0.2, 0) is 0 Å². The van der Waals surface area contributed by atoms with Gasteiger partial charge in [0.05, 0.1) is 6.04 Å². The third-order valence-corrected chi connectivity index (χ3v) is 4.16. The third kappa shape index (κ3) is 5.22. The minimum Gasteiger partial charge on any atom is -0.412 e. The molecule has 7 heteroatoms. The Hall–Kier alpha value is 0.320. The lowest BCUT2D eigenvalue weighted by molar-refractivity contribution is 0.356. The molecule has 2 unspecified atom stereocenters. The maximum Gasteiger partial charge on any atom is 0.154 e. The van der Waals surface area contributed by atoms with Crippen molar-refractivity contribution >= 4 is 41.7 Å². The van der Waals surface area contributed by atoms with Crippen LogP contribution in [0.5, 0.6) is 0 Å². The molecule has 0 aromatic rings. The van der Waals surface area contributed by atoms with Crippen molar-refractivity contribution in [1.82, 2.24) is 5.32 Å². The van der Waals surface area contributed by atoms with Crippen LogP contribution < -0.4 is 11.1 Å². The molecule has 0 spiro atoms. The predicted octanol–water partition coefficient (Wildman–Crippen LogP) is 1.36. The van der Waals surface area contributed by atoms with Gasteiger partial charge < -0.3 is 16.5 Å². The molecule has 0 aromatic carbocycles. The van der Waals surface area contributed by atoms with E-state index in [1.54, 1.807) is 11.8 Å². The second kappa shape index (κ2) is 9.28. The van der Waals surface area contributed by atoms with Gasteiger partial charge in [0.15, 0.2) is 5.17 Å². The maximum absolute atomic E-state index is 5.73. The number of amidine groups is 1. The van der Waals surface area contributed by atoms with Crippen LogP contribution in [0.2, 0.25) is 0 Å². The van der Waals surface area contributed by atoms with E-state index in [1.807, 2.05) is 0 Å². The van der Waals surface area contributed by atoms with Crippen molar-refractivity contribution in [2.75, 3.05) is 6.54 Å². The zero-order valence-electron chi connectivity index (χ0n) is 10.0. The van der Waals surface area contributed by atoms with E-state index in [-0.39, 0.29) is 30.3 Å². The lowest BCUT2D eigenvalue weighted by Gasteiger charge is -2.30. The van der Waals surface area contributed by atoms with Crippen molar-refractivity contribution < 1.29 is 5.48 Å². The Bertz CT molecular complexity index is 244. The predicted molar refractivity (Wildman–Crippen MR) is 80.8 cm³/mol. The lowest BCUT2D eigenvalue weighted by Crippen LogP contribution is -2.39. The molecule has 1 heterocycles. The van der Waals surface area contributed by atoms with E-state index >= 15 is 0 Å². The maximum atomic E-state index is 5.73. The standard InChI is InChI=1S/C10H19N3S.2ClH.H2O/c1-2-5-12-7-3-4-8-9(6-7)14-10(11)13-8;;;/h7-9,12H,2-6H2,1H3,(H2,11,13);2*1H;1H2/t7-,8?,9?;;;/m1.../s1. The molecule has 0 bridgehead atoms. The van der Waals surface area contributed by atoms with Gasteiger partial charge in [-0.2, -0.15) is 0 Å². The minimum absolute atomic E-state index is 0. The highest BCUT2D eigenvalue weighted by Crippen LogP contribution is 2.35. The van der Waals surface area contributed by atoms with Crippen LogP contribution in [0.1, 0.15) is 32.6 Å². The number of nitrogens with two attached hydrogens (primary N) is 1. The molecule has 1 fully saturated rings. The van der Waals surface area contributed by atoms with Gasteiger partial charge in [0, 0.05) is 11.3 Å². The van der Waals surface area contributed by atoms with Crippen LogP contribution in [-0.4, -0.2) is 34.5 Å². The topological polar surface area (TPSA) is 81.9 Å². The lowest BCUT2D eigenvalue weighted by atomic mass is 9.91. The van der Waals surface area contributed by atoms with E-state index in [2.05, 4.69) is 17.2 Å². The summed E-state index contributed by atoms with van der Waals surface area (Å²) in [4.78, 5) is 4.45. The fraction of sp³-hybridized carbons (Fsp3) is 0.900. The van der Waals surface area contributed by atoms with Crippen LogP contribution in [0.15, 0.2) is 4.99 Å². The second-order valence-corrected chi connectivity index (χ2v) is 5.41. The van der Waals surface area contributed by atoms with Gasteiger partial charge >= 0.3 is 0 Å². The molecule has 3 atom stereocenters. The van der Waals surface area contributed by atoms with Gasteiger partial charge in [-0.15, -0.1) is 24.8 Å². The number of aliphatic imine (C=N–C) groups is 1. The third-order valence-electron chi connectivity index (χ3n) is 3.01. The first-order valence-electron chi connectivity index (χ1n) is 5.53. The fourth-order valence-corrected chi connectivity index (χ4v) is 3.46. The van der Waals surface area contributed by atoms with Crippen molar-refractivity contribution in [2.24, 2.45) is 10.7 Å². The molecule has 1 aliphatic heterocycles. The number of hydrogen-bond acceptors (Lipinski definition) is 4. The summed E-state index contributed by atoms with van der Waals surface area (Å²) >= 11 is 1.77. The molecular formula is C10H23Cl2N3OS. The van der Waals surface area contributed by atoms with Crippen LogP contribution in [0.4, 0.5) is 0 Å². The molecule has 0 amide bonds. The van der Waals surface area contributed by atoms with E-state index in [9.17, 15) is 0 Å². The summed E-state index contributed by atoms with van der Waals surface area (Å²) in [5.74, 6) is 0. The largest absolute Gasteiger partial charge is 0.412 e. The van der Waals surface area contributed by atoms with Crippen LogP contribution in [0.3, 0.4) is 0 Å². The molecule has 0 saturated heterocycles. The Balaban J connectivity index is 0. The van der Waals surface area contributed by atoms with Crippen molar-refractivity contribution in [1.29, 1.82) is 0 Å². The van der Waals surface area contributed by atoms with Gasteiger partial charge in [-0.25, -0.2) is 0 Å². The number of nitrogens with zero attached hydrogens (tertiary/aromatic N) is 1. The van der Waals surface area contributed by atoms with Gasteiger partial charge in [-0.3, -0.25) is 4.99 Å². The molecule has 2 rings (SSSR count). The quantitative estimate of drug-likeness (QED) is 0.826. The normalized spacial score (nSPS) is 30.2. The Morgan fingerprint density at radius 3 is 2.76 bits per heavy atom. The summed E-state index contributed by atoms with van der Waals surface area (Å²) in [6, 6.07) is 1.21.